The monoisotopic (exact) mass is 538 g/mol. The zero-order valence-corrected chi connectivity index (χ0v) is 21.2. The van der Waals surface area contributed by atoms with Crippen molar-refractivity contribution in [3.8, 4) is 0 Å². The predicted molar refractivity (Wildman–Crippen MR) is 137 cm³/mol. The molecule has 39 heavy (non-hydrogen) atoms. The van der Waals surface area contributed by atoms with Gasteiger partial charge < -0.3 is 20.6 Å². The topological polar surface area (TPSA) is 111 Å². The lowest BCUT2D eigenvalue weighted by molar-refractivity contribution is -0.142. The number of para-hydroxylation sites is 1. The van der Waals surface area contributed by atoms with Crippen LogP contribution in [0.4, 0.5) is 18.9 Å². The van der Waals surface area contributed by atoms with E-state index in [0.717, 1.165) is 19.1 Å². The number of nitrogens with zero attached hydrogens (tertiary/aromatic N) is 2. The van der Waals surface area contributed by atoms with Crippen molar-refractivity contribution in [2.45, 2.75) is 31.7 Å². The number of rotatable bonds is 6. The minimum absolute atomic E-state index is 0.118. The van der Waals surface area contributed by atoms with Crippen LogP contribution in [0.5, 0.6) is 0 Å². The first-order chi connectivity index (χ1) is 18.4. The molecule has 0 bridgehead atoms. The number of likely N-dealkylation sites (N-methyl/N-ethyl adjacent to an activating group) is 1. The highest BCUT2D eigenvalue weighted by Crippen LogP contribution is 2.28. The number of aliphatic imine (C=N–C) groups is 1. The molecule has 202 valence electrons. The van der Waals surface area contributed by atoms with E-state index in [1.54, 1.807) is 30.3 Å². The molecule has 3 aromatic rings. The predicted octanol–water partition coefficient (Wildman–Crippen LogP) is 2.77. The van der Waals surface area contributed by atoms with Gasteiger partial charge in [-0.1, -0.05) is 30.3 Å². The molecule has 3 N–H and O–H groups in total. The van der Waals surface area contributed by atoms with Gasteiger partial charge in [0.25, 0.3) is 11.8 Å². The van der Waals surface area contributed by atoms with Crippen molar-refractivity contribution in [2.24, 2.45) is 4.99 Å². The molecule has 0 spiro atoms. The van der Waals surface area contributed by atoms with Gasteiger partial charge in [-0.2, -0.15) is 0 Å². The van der Waals surface area contributed by atoms with Gasteiger partial charge in [-0.15, -0.1) is 0 Å². The van der Waals surface area contributed by atoms with Crippen LogP contribution in [0.3, 0.4) is 0 Å². The van der Waals surface area contributed by atoms with Crippen molar-refractivity contribution in [1.29, 1.82) is 0 Å². The van der Waals surface area contributed by atoms with Gasteiger partial charge in [0, 0.05) is 24.2 Å². The summed E-state index contributed by atoms with van der Waals surface area (Å²) in [5, 5.41) is 15.4. The number of carbonyl (C=O) groups is 3. The fourth-order valence-electron chi connectivity index (χ4n) is 4.11. The lowest BCUT2D eigenvalue weighted by Crippen LogP contribution is -2.54. The second-order valence-corrected chi connectivity index (χ2v) is 9.21. The van der Waals surface area contributed by atoms with E-state index >= 15 is 0 Å². The Balaban J connectivity index is 1.60. The molecule has 3 aromatic carbocycles. The Morgan fingerprint density at radius 1 is 1.00 bits per heavy atom. The van der Waals surface area contributed by atoms with Gasteiger partial charge >= 0.3 is 0 Å². The number of amides is 3. The maximum Gasteiger partial charge on any atom is 0.272 e. The first kappa shape index (κ1) is 27.5. The standard InChI is InChI=1S/C28H25F3N4O4/c1-15(32-27(38)28(2,39)16-12-17(29)14-18(30)13-16)25(36)34-24-26(37)35(3)22-11-7-5-9-20(22)23(33-24)19-8-4-6-10-21(19)31/h4-15,24,39H,1-3H3,(H,32,38)(H,34,36)/t15-,24?,28?/m0/s1. The Bertz CT molecular complexity index is 1470. The highest BCUT2D eigenvalue weighted by molar-refractivity contribution is 6.20. The summed E-state index contributed by atoms with van der Waals surface area (Å²) >= 11 is 0. The molecule has 0 saturated heterocycles. The number of fused-ring (bicyclic) bond motifs is 1. The van der Waals surface area contributed by atoms with Gasteiger partial charge in [0.05, 0.1) is 11.4 Å². The first-order valence-corrected chi connectivity index (χ1v) is 11.9. The van der Waals surface area contributed by atoms with Crippen LogP contribution in [0.25, 0.3) is 0 Å². The number of benzene rings is 3. The Morgan fingerprint density at radius 3 is 2.23 bits per heavy atom. The van der Waals surface area contributed by atoms with E-state index in [1.807, 2.05) is 0 Å². The number of nitrogens with one attached hydrogen (secondary N) is 2. The smallest absolute Gasteiger partial charge is 0.272 e. The van der Waals surface area contributed by atoms with Gasteiger partial charge in [-0.05, 0) is 49.7 Å². The molecule has 11 heteroatoms. The van der Waals surface area contributed by atoms with E-state index in [4.69, 9.17) is 0 Å². The highest BCUT2D eigenvalue weighted by atomic mass is 19.1. The summed E-state index contributed by atoms with van der Waals surface area (Å²) in [5.74, 6) is -5.15. The van der Waals surface area contributed by atoms with Gasteiger partial charge in [0.15, 0.2) is 5.60 Å². The minimum atomic E-state index is -2.38. The molecular formula is C28H25F3N4O4. The van der Waals surface area contributed by atoms with Gasteiger partial charge in [0.2, 0.25) is 12.1 Å². The van der Waals surface area contributed by atoms with Crippen molar-refractivity contribution in [2.75, 3.05) is 11.9 Å². The van der Waals surface area contributed by atoms with Crippen molar-refractivity contribution < 1.29 is 32.7 Å². The SMILES string of the molecule is C[C@H](NC(=O)C(C)(O)c1cc(F)cc(F)c1)C(=O)NC1N=C(c2ccccc2F)c2ccccc2N(C)C1=O. The highest BCUT2D eigenvalue weighted by Gasteiger charge is 2.37. The molecule has 4 rings (SSSR count). The number of hydrogen-bond acceptors (Lipinski definition) is 5. The van der Waals surface area contributed by atoms with Crippen molar-refractivity contribution in [3.63, 3.8) is 0 Å². The van der Waals surface area contributed by atoms with Crippen LogP contribution in [0, 0.1) is 17.5 Å². The van der Waals surface area contributed by atoms with Gasteiger partial charge in [0.1, 0.15) is 23.5 Å². The number of anilines is 1. The first-order valence-electron chi connectivity index (χ1n) is 11.9. The maximum absolute atomic E-state index is 14.8. The van der Waals surface area contributed by atoms with E-state index in [9.17, 15) is 32.7 Å². The number of aliphatic hydroxyl groups is 1. The van der Waals surface area contributed by atoms with Gasteiger partial charge in [-0.25, -0.2) is 18.2 Å². The molecular weight excluding hydrogens is 513 g/mol. The van der Waals surface area contributed by atoms with Crippen molar-refractivity contribution in [3.05, 3.63) is 101 Å². The minimum Gasteiger partial charge on any atom is -0.376 e. The fourth-order valence-corrected chi connectivity index (χ4v) is 4.11. The van der Waals surface area contributed by atoms with E-state index in [0.29, 0.717) is 17.3 Å². The third-order valence-electron chi connectivity index (χ3n) is 6.36. The van der Waals surface area contributed by atoms with E-state index in [-0.39, 0.29) is 16.8 Å². The van der Waals surface area contributed by atoms with Crippen molar-refractivity contribution in [1.82, 2.24) is 10.6 Å². The van der Waals surface area contributed by atoms with Crippen LogP contribution in [0.1, 0.15) is 30.5 Å². The lowest BCUT2D eigenvalue weighted by Gasteiger charge is -2.26. The molecule has 3 atom stereocenters. The largest absolute Gasteiger partial charge is 0.376 e. The van der Waals surface area contributed by atoms with E-state index in [2.05, 4.69) is 15.6 Å². The average molecular weight is 539 g/mol. The zero-order chi connectivity index (χ0) is 28.5. The molecule has 2 unspecified atom stereocenters. The zero-order valence-electron chi connectivity index (χ0n) is 21.2. The fraction of sp³-hybridized carbons (Fsp3) is 0.214. The van der Waals surface area contributed by atoms with Crippen LogP contribution in [0.2, 0.25) is 0 Å². The molecule has 3 amide bonds. The molecule has 0 fully saturated rings. The van der Waals surface area contributed by atoms with Crippen LogP contribution in [-0.2, 0) is 20.0 Å². The van der Waals surface area contributed by atoms with Gasteiger partial charge in [-0.3, -0.25) is 14.4 Å². The molecule has 0 saturated carbocycles. The number of hydrogen-bond donors (Lipinski definition) is 3. The average Bonchev–Trinajstić information content (AvgIpc) is 2.99. The Labute approximate surface area is 222 Å². The third kappa shape index (κ3) is 5.53. The molecule has 0 aromatic heterocycles. The molecule has 0 aliphatic carbocycles. The Kier molecular flexibility index (Phi) is 7.55. The van der Waals surface area contributed by atoms with Crippen LogP contribution < -0.4 is 15.5 Å². The normalized spacial score (nSPS) is 17.3. The molecule has 1 heterocycles. The van der Waals surface area contributed by atoms with Crippen LogP contribution in [0.15, 0.2) is 71.7 Å². The summed E-state index contributed by atoms with van der Waals surface area (Å²) in [6, 6.07) is 13.5. The molecule has 8 nitrogen and oxygen atoms in total. The lowest BCUT2D eigenvalue weighted by atomic mass is 9.94. The van der Waals surface area contributed by atoms with Crippen LogP contribution in [-0.4, -0.2) is 47.8 Å². The summed E-state index contributed by atoms with van der Waals surface area (Å²) in [4.78, 5) is 44.7. The molecule has 0 radical (unpaired) electrons. The Morgan fingerprint density at radius 2 is 1.59 bits per heavy atom. The number of carbonyl (C=O) groups excluding carboxylic acids is 3. The summed E-state index contributed by atoms with van der Waals surface area (Å²) in [5.41, 5.74) is -1.57. The second kappa shape index (κ2) is 10.7. The van der Waals surface area contributed by atoms with E-state index < -0.39 is 53.0 Å². The summed E-state index contributed by atoms with van der Waals surface area (Å²) in [7, 11) is 1.49. The molecule has 1 aliphatic rings. The summed E-state index contributed by atoms with van der Waals surface area (Å²) < 4.78 is 42.0. The maximum atomic E-state index is 14.8. The number of halogens is 3. The quantitative estimate of drug-likeness (QED) is 0.448. The summed E-state index contributed by atoms with van der Waals surface area (Å²) in [6.45, 7) is 2.31. The number of benzodiazepines with no additional fused rings is 1. The third-order valence-corrected chi connectivity index (χ3v) is 6.36. The van der Waals surface area contributed by atoms with E-state index in [1.165, 1.54) is 37.1 Å². The van der Waals surface area contributed by atoms with Crippen molar-refractivity contribution >= 4 is 29.1 Å². The summed E-state index contributed by atoms with van der Waals surface area (Å²) in [6.07, 6.45) is -1.48. The molecule has 1 aliphatic heterocycles. The second-order valence-electron chi connectivity index (χ2n) is 9.21. The Hall–Kier alpha value is -4.51. The van der Waals surface area contributed by atoms with Crippen LogP contribution >= 0.6 is 0 Å².